The van der Waals surface area contributed by atoms with Crippen molar-refractivity contribution in [3.8, 4) is 0 Å². The molecule has 17 heavy (non-hydrogen) atoms. The van der Waals surface area contributed by atoms with Gasteiger partial charge in [-0.2, -0.15) is 0 Å². The highest BCUT2D eigenvalue weighted by Crippen LogP contribution is 2.31. The molecule has 2 rings (SSSR count). The van der Waals surface area contributed by atoms with Gasteiger partial charge in [-0.3, -0.25) is 0 Å². The number of hydrogen-bond acceptors (Lipinski definition) is 2. The molecular weight excluding hydrogens is 257 g/mol. The topological polar surface area (TPSA) is 25.2 Å². The number of fused-ring (bicyclic) bond motifs is 1. The number of benzene rings is 1. The van der Waals surface area contributed by atoms with Gasteiger partial charge in [0.05, 0.1) is 6.26 Å². The first-order chi connectivity index (χ1) is 8.13. The van der Waals surface area contributed by atoms with Crippen molar-refractivity contribution in [2.45, 2.75) is 23.7 Å². The molecule has 2 atom stereocenters. The number of hydrogen-bond donors (Lipinski definition) is 1. The van der Waals surface area contributed by atoms with E-state index in [1.807, 2.05) is 25.2 Å². The Hall–Kier alpha value is -0.700. The van der Waals surface area contributed by atoms with Crippen LogP contribution in [0.4, 0.5) is 0 Å². The lowest BCUT2D eigenvalue weighted by Gasteiger charge is -2.25. The largest absolute Gasteiger partial charge is 0.464 e. The van der Waals surface area contributed by atoms with Crippen LogP contribution in [-0.4, -0.2) is 17.9 Å². The molecule has 0 saturated carbocycles. The Morgan fingerprint density at radius 3 is 2.65 bits per heavy atom. The van der Waals surface area contributed by atoms with Gasteiger partial charge in [0.15, 0.2) is 0 Å². The van der Waals surface area contributed by atoms with E-state index in [1.54, 1.807) is 6.26 Å². The summed E-state index contributed by atoms with van der Waals surface area (Å²) in [6, 6.07) is 8.20. The molecule has 2 nitrogen and oxygen atoms in total. The van der Waals surface area contributed by atoms with Gasteiger partial charge in [0.25, 0.3) is 0 Å². The fraction of sp³-hybridized carbons (Fsp3) is 0.385. The first-order valence-corrected chi connectivity index (χ1v) is 6.43. The maximum Gasteiger partial charge on any atom is 0.133 e. The summed E-state index contributed by atoms with van der Waals surface area (Å²) in [4.78, 5) is -0.443. The quantitative estimate of drug-likeness (QED) is 0.853. The van der Waals surface area contributed by atoms with Crippen LogP contribution >= 0.6 is 23.2 Å². The molecule has 0 aliphatic rings. The van der Waals surface area contributed by atoms with Crippen LogP contribution in [0.5, 0.6) is 0 Å². The molecule has 1 heterocycles. The number of likely N-dealkylation sites (N-methyl/N-ethyl adjacent to an activating group) is 1. The Kier molecular flexibility index (Phi) is 3.97. The summed E-state index contributed by atoms with van der Waals surface area (Å²) in [7, 11) is 1.91. The predicted molar refractivity (Wildman–Crippen MR) is 73.0 cm³/mol. The predicted octanol–water partition coefficient (Wildman–Crippen LogP) is 3.93. The molecular formula is C13H15Cl2NO. The van der Waals surface area contributed by atoms with Gasteiger partial charge in [0.2, 0.25) is 0 Å². The first-order valence-electron chi connectivity index (χ1n) is 5.56. The van der Waals surface area contributed by atoms with Crippen LogP contribution in [0, 0.1) is 0 Å². The fourth-order valence-electron chi connectivity index (χ4n) is 2.02. The molecule has 4 heteroatoms. The van der Waals surface area contributed by atoms with E-state index >= 15 is 0 Å². The molecule has 1 aromatic heterocycles. The zero-order chi connectivity index (χ0) is 12.4. The van der Waals surface area contributed by atoms with Crippen LogP contribution in [0.25, 0.3) is 11.0 Å². The van der Waals surface area contributed by atoms with Crippen molar-refractivity contribution in [3.63, 3.8) is 0 Å². The Morgan fingerprint density at radius 2 is 2.00 bits per heavy atom. The summed E-state index contributed by atoms with van der Waals surface area (Å²) in [6.07, 6.45) is 1.68. The number of rotatable bonds is 4. The molecule has 2 unspecified atom stereocenters. The van der Waals surface area contributed by atoms with E-state index < -0.39 is 4.84 Å². The second-order valence-corrected chi connectivity index (χ2v) is 5.32. The van der Waals surface area contributed by atoms with E-state index in [1.165, 1.54) is 0 Å². The van der Waals surface area contributed by atoms with Gasteiger partial charge >= 0.3 is 0 Å². The third-order valence-electron chi connectivity index (χ3n) is 3.13. The molecule has 1 aromatic carbocycles. The summed E-state index contributed by atoms with van der Waals surface area (Å²) in [5, 5.41) is 4.27. The van der Waals surface area contributed by atoms with Gasteiger partial charge in [0.1, 0.15) is 10.4 Å². The van der Waals surface area contributed by atoms with Gasteiger partial charge in [-0.05, 0) is 37.7 Å². The fourth-order valence-corrected chi connectivity index (χ4v) is 2.75. The zero-order valence-corrected chi connectivity index (χ0v) is 11.3. The molecule has 1 N–H and O–H groups in total. The van der Waals surface area contributed by atoms with Gasteiger partial charge in [-0.1, -0.05) is 6.07 Å². The molecule has 0 aliphatic heterocycles. The van der Waals surface area contributed by atoms with Gasteiger partial charge < -0.3 is 9.73 Å². The van der Waals surface area contributed by atoms with Crippen LogP contribution in [0.1, 0.15) is 18.4 Å². The standard InChI is InChI=1S/C13H15Cl2NO/c1-8(16-2)12(13(14)15)10-3-4-11-9(7-10)5-6-17-11/h3-8,12-13,16H,1-2H3. The summed E-state index contributed by atoms with van der Waals surface area (Å²) < 4.78 is 5.32. The van der Waals surface area contributed by atoms with Gasteiger partial charge in [-0.25, -0.2) is 0 Å². The normalized spacial score (nSPS) is 15.4. The van der Waals surface area contributed by atoms with Crippen molar-refractivity contribution in [1.29, 1.82) is 0 Å². The van der Waals surface area contributed by atoms with E-state index in [2.05, 4.69) is 18.3 Å². The average Bonchev–Trinajstić information content (AvgIpc) is 2.75. The zero-order valence-electron chi connectivity index (χ0n) is 9.78. The average molecular weight is 272 g/mol. The Balaban J connectivity index is 2.40. The Bertz CT molecular complexity index is 495. The maximum absolute atomic E-state index is 6.08. The van der Waals surface area contributed by atoms with Gasteiger partial charge in [0, 0.05) is 17.3 Å². The molecule has 0 radical (unpaired) electrons. The molecule has 0 fully saturated rings. The van der Waals surface area contributed by atoms with E-state index in [0.29, 0.717) is 0 Å². The van der Waals surface area contributed by atoms with Crippen molar-refractivity contribution in [1.82, 2.24) is 5.32 Å². The van der Waals surface area contributed by atoms with Crippen LogP contribution in [-0.2, 0) is 0 Å². The van der Waals surface area contributed by atoms with Crippen LogP contribution in [0.2, 0.25) is 0 Å². The van der Waals surface area contributed by atoms with Gasteiger partial charge in [-0.15, -0.1) is 23.2 Å². The number of nitrogens with one attached hydrogen (secondary N) is 1. The van der Waals surface area contributed by atoms with Crippen LogP contribution in [0.3, 0.4) is 0 Å². The van der Waals surface area contributed by atoms with E-state index in [9.17, 15) is 0 Å². The van der Waals surface area contributed by atoms with Crippen molar-refractivity contribution in [2.24, 2.45) is 0 Å². The highest BCUT2D eigenvalue weighted by Gasteiger charge is 2.25. The molecule has 0 bridgehead atoms. The van der Waals surface area contributed by atoms with E-state index in [4.69, 9.17) is 27.6 Å². The lowest BCUT2D eigenvalue weighted by atomic mass is 9.93. The van der Waals surface area contributed by atoms with Crippen molar-refractivity contribution >= 4 is 34.2 Å². The number of halogens is 2. The van der Waals surface area contributed by atoms with Crippen molar-refractivity contribution in [2.75, 3.05) is 7.05 Å². The molecule has 0 spiro atoms. The summed E-state index contributed by atoms with van der Waals surface area (Å²) in [6.45, 7) is 2.07. The molecule has 0 saturated heterocycles. The van der Waals surface area contributed by atoms with E-state index in [-0.39, 0.29) is 12.0 Å². The SMILES string of the molecule is CNC(C)C(c1ccc2occc2c1)C(Cl)Cl. The van der Waals surface area contributed by atoms with Crippen molar-refractivity contribution in [3.05, 3.63) is 36.1 Å². The summed E-state index contributed by atoms with van der Waals surface area (Å²) in [5.41, 5.74) is 2.00. The second-order valence-electron chi connectivity index (χ2n) is 4.16. The number of alkyl halides is 2. The lowest BCUT2D eigenvalue weighted by molar-refractivity contribution is 0.514. The molecule has 2 aromatic rings. The minimum absolute atomic E-state index is 0.0580. The Labute approximate surface area is 111 Å². The highest BCUT2D eigenvalue weighted by molar-refractivity contribution is 6.44. The molecule has 0 aliphatic carbocycles. The maximum atomic E-state index is 6.08. The smallest absolute Gasteiger partial charge is 0.133 e. The highest BCUT2D eigenvalue weighted by atomic mass is 35.5. The lowest BCUT2D eigenvalue weighted by Crippen LogP contribution is -2.32. The third kappa shape index (κ3) is 2.59. The third-order valence-corrected chi connectivity index (χ3v) is 3.67. The Morgan fingerprint density at radius 1 is 1.24 bits per heavy atom. The van der Waals surface area contributed by atoms with E-state index in [0.717, 1.165) is 16.5 Å². The molecule has 0 amide bonds. The minimum atomic E-state index is -0.443. The van der Waals surface area contributed by atoms with Crippen LogP contribution < -0.4 is 5.32 Å². The van der Waals surface area contributed by atoms with Crippen LogP contribution in [0.15, 0.2) is 34.9 Å². The monoisotopic (exact) mass is 271 g/mol. The first kappa shape index (κ1) is 12.7. The molecule has 92 valence electrons. The number of furan rings is 1. The minimum Gasteiger partial charge on any atom is -0.464 e. The summed E-state index contributed by atoms with van der Waals surface area (Å²) >= 11 is 12.2. The second kappa shape index (κ2) is 5.30. The summed E-state index contributed by atoms with van der Waals surface area (Å²) in [5.74, 6) is 0.0580. The van der Waals surface area contributed by atoms with Crippen molar-refractivity contribution < 1.29 is 4.42 Å².